The van der Waals surface area contributed by atoms with Gasteiger partial charge in [0.2, 0.25) is 0 Å². The van der Waals surface area contributed by atoms with Gasteiger partial charge < -0.3 is 14.6 Å². The van der Waals surface area contributed by atoms with Crippen LogP contribution in [0.5, 0.6) is 0 Å². The van der Waals surface area contributed by atoms with Gasteiger partial charge in [0.25, 0.3) is 0 Å². The Labute approximate surface area is 406 Å². The summed E-state index contributed by atoms with van der Waals surface area (Å²) in [6.07, 6.45) is 72.9. The van der Waals surface area contributed by atoms with E-state index < -0.39 is 6.10 Å². The molecule has 0 heterocycles. The average molecular weight is 914 g/mol. The minimum absolute atomic E-state index is 0.0662. The molecule has 1 N–H and O–H groups in total. The van der Waals surface area contributed by atoms with E-state index in [2.05, 4.69) is 50.3 Å². The Balaban J connectivity index is 3.38. The summed E-state index contributed by atoms with van der Waals surface area (Å²) in [6.45, 7) is 4.06. The first-order chi connectivity index (χ1) is 32.1. The third kappa shape index (κ3) is 54.6. The molecule has 1 unspecified atom stereocenters. The highest BCUT2D eigenvalue weighted by Crippen LogP contribution is 2.18. The van der Waals surface area contributed by atoms with Crippen LogP contribution >= 0.6 is 0 Å². The fourth-order valence-electron chi connectivity index (χ4n) is 8.87. The number of aliphatic hydroxyl groups is 1. The van der Waals surface area contributed by atoms with E-state index in [1.54, 1.807) is 0 Å². The van der Waals surface area contributed by atoms with Crippen molar-refractivity contribution in [2.45, 2.75) is 322 Å². The second kappa shape index (κ2) is 56.4. The minimum Gasteiger partial charge on any atom is -0.462 e. The topological polar surface area (TPSA) is 72.8 Å². The van der Waals surface area contributed by atoms with Crippen LogP contribution in [0.25, 0.3) is 0 Å². The van der Waals surface area contributed by atoms with E-state index in [0.717, 1.165) is 64.2 Å². The number of carbonyl (C=O) groups excluding carboxylic acids is 2. The molecule has 65 heavy (non-hydrogen) atoms. The van der Waals surface area contributed by atoms with Crippen molar-refractivity contribution in [2.75, 3.05) is 13.2 Å². The van der Waals surface area contributed by atoms with E-state index in [0.29, 0.717) is 12.8 Å². The van der Waals surface area contributed by atoms with Gasteiger partial charge in [0.1, 0.15) is 6.61 Å². The van der Waals surface area contributed by atoms with E-state index in [-0.39, 0.29) is 25.2 Å². The van der Waals surface area contributed by atoms with Crippen LogP contribution < -0.4 is 0 Å². The Morgan fingerprint density at radius 3 is 1.00 bits per heavy atom. The summed E-state index contributed by atoms with van der Waals surface area (Å²) < 4.78 is 10.7. The van der Waals surface area contributed by atoms with E-state index in [1.165, 1.54) is 225 Å². The lowest BCUT2D eigenvalue weighted by atomic mass is 10.0. The van der Waals surface area contributed by atoms with E-state index in [1.807, 2.05) is 0 Å². The van der Waals surface area contributed by atoms with E-state index in [9.17, 15) is 14.7 Å². The minimum atomic E-state index is -0.775. The SMILES string of the molecule is CC/C=C\C/C=C\C/C=C\CCCCCCCCCC(=O)OC(CO)COC(=O)CCCCCCCCCCCCCCCCCCCCCCCCCCCCCCCCCCCC. The molecule has 382 valence electrons. The number of esters is 2. The Kier molecular flexibility index (Phi) is 54.8. The molecule has 0 saturated heterocycles. The molecule has 5 nitrogen and oxygen atoms in total. The van der Waals surface area contributed by atoms with Crippen LogP contribution in [0.3, 0.4) is 0 Å². The average Bonchev–Trinajstić information content (AvgIpc) is 3.31. The molecule has 0 spiro atoms. The molecule has 0 aromatic heterocycles. The Bertz CT molecular complexity index is 1030. The van der Waals surface area contributed by atoms with Gasteiger partial charge >= 0.3 is 11.9 Å². The molecule has 0 rings (SSSR count). The van der Waals surface area contributed by atoms with Gasteiger partial charge in [-0.2, -0.15) is 0 Å². The van der Waals surface area contributed by atoms with Crippen molar-refractivity contribution in [2.24, 2.45) is 0 Å². The summed E-state index contributed by atoms with van der Waals surface area (Å²) in [4.78, 5) is 24.5. The molecular weight excluding hydrogens is 801 g/mol. The van der Waals surface area contributed by atoms with Crippen molar-refractivity contribution in [3.8, 4) is 0 Å². The first-order valence-electron chi connectivity index (χ1n) is 29.0. The Morgan fingerprint density at radius 2 is 0.662 bits per heavy atom. The van der Waals surface area contributed by atoms with Crippen LogP contribution in [0, 0.1) is 0 Å². The number of carbonyl (C=O) groups is 2. The van der Waals surface area contributed by atoms with Gasteiger partial charge in [0, 0.05) is 12.8 Å². The zero-order valence-electron chi connectivity index (χ0n) is 43.8. The fraction of sp³-hybridized carbons (Fsp3) is 0.867. The van der Waals surface area contributed by atoms with Crippen molar-refractivity contribution in [3.63, 3.8) is 0 Å². The molecule has 0 radical (unpaired) electrons. The summed E-state index contributed by atoms with van der Waals surface area (Å²) in [5.41, 5.74) is 0. The van der Waals surface area contributed by atoms with Gasteiger partial charge in [-0.1, -0.05) is 294 Å². The predicted octanol–water partition coefficient (Wildman–Crippen LogP) is 19.5. The van der Waals surface area contributed by atoms with Crippen molar-refractivity contribution in [3.05, 3.63) is 36.5 Å². The molecule has 0 amide bonds. The zero-order valence-corrected chi connectivity index (χ0v) is 43.8. The third-order valence-corrected chi connectivity index (χ3v) is 13.2. The summed E-state index contributed by atoms with van der Waals surface area (Å²) in [5.74, 6) is -0.588. The molecule has 0 aliphatic carbocycles. The quantitative estimate of drug-likeness (QED) is 0.0374. The number of hydrogen-bond acceptors (Lipinski definition) is 5. The molecule has 0 aliphatic heterocycles. The molecule has 0 bridgehead atoms. The highest BCUT2D eigenvalue weighted by atomic mass is 16.6. The maximum absolute atomic E-state index is 12.3. The summed E-state index contributed by atoms with van der Waals surface area (Å²) in [7, 11) is 0. The second-order valence-corrected chi connectivity index (χ2v) is 19.7. The van der Waals surface area contributed by atoms with Crippen LogP contribution in [0.4, 0.5) is 0 Å². The molecular formula is C60H112O5. The molecule has 0 aromatic carbocycles. The maximum Gasteiger partial charge on any atom is 0.306 e. The number of allylic oxidation sites excluding steroid dienone is 6. The van der Waals surface area contributed by atoms with Crippen molar-refractivity contribution in [1.29, 1.82) is 0 Å². The van der Waals surface area contributed by atoms with Crippen LogP contribution in [0.2, 0.25) is 0 Å². The Morgan fingerprint density at radius 1 is 0.369 bits per heavy atom. The van der Waals surface area contributed by atoms with Gasteiger partial charge in [-0.05, 0) is 44.9 Å². The van der Waals surface area contributed by atoms with Crippen LogP contribution in [-0.4, -0.2) is 36.4 Å². The van der Waals surface area contributed by atoms with Crippen LogP contribution in [0.1, 0.15) is 316 Å². The zero-order chi connectivity index (χ0) is 47.0. The predicted molar refractivity (Wildman–Crippen MR) is 284 cm³/mol. The van der Waals surface area contributed by atoms with Crippen LogP contribution in [0.15, 0.2) is 36.5 Å². The lowest BCUT2D eigenvalue weighted by molar-refractivity contribution is -0.161. The summed E-state index contributed by atoms with van der Waals surface area (Å²) in [5, 5.41) is 9.63. The summed E-state index contributed by atoms with van der Waals surface area (Å²) in [6, 6.07) is 0. The summed E-state index contributed by atoms with van der Waals surface area (Å²) >= 11 is 0. The van der Waals surface area contributed by atoms with Gasteiger partial charge in [0.15, 0.2) is 6.10 Å². The van der Waals surface area contributed by atoms with Gasteiger partial charge in [-0.15, -0.1) is 0 Å². The monoisotopic (exact) mass is 913 g/mol. The number of aliphatic hydroxyl groups excluding tert-OH is 1. The van der Waals surface area contributed by atoms with Gasteiger partial charge in [-0.3, -0.25) is 9.59 Å². The normalized spacial score (nSPS) is 12.4. The molecule has 0 fully saturated rings. The van der Waals surface area contributed by atoms with Crippen molar-refractivity contribution >= 4 is 11.9 Å². The number of ether oxygens (including phenoxy) is 2. The van der Waals surface area contributed by atoms with Gasteiger partial charge in [0.05, 0.1) is 6.61 Å². The molecule has 0 aromatic rings. The largest absolute Gasteiger partial charge is 0.462 e. The maximum atomic E-state index is 12.3. The van der Waals surface area contributed by atoms with E-state index >= 15 is 0 Å². The smallest absolute Gasteiger partial charge is 0.306 e. The Hall–Kier alpha value is -1.88. The lowest BCUT2D eigenvalue weighted by Crippen LogP contribution is -2.28. The lowest BCUT2D eigenvalue weighted by Gasteiger charge is -2.15. The molecule has 0 saturated carbocycles. The standard InChI is InChI=1S/C60H112O5/c1-3-5-7-9-11-13-15-17-19-21-22-23-24-25-26-27-28-29-30-31-32-33-34-35-36-37-39-40-42-44-46-48-50-52-54-59(62)64-57-58(56-61)65-60(63)55-53-51-49-47-45-43-41-38-20-18-16-14-12-10-8-6-4-2/h6,8,12,14,18,20,58,61H,3-5,7,9-11,13,15-17,19,21-57H2,1-2H3/b8-6-,14-12-,20-18-. The second-order valence-electron chi connectivity index (χ2n) is 19.7. The number of unbranched alkanes of at least 4 members (excludes halogenated alkanes) is 40. The fourth-order valence-corrected chi connectivity index (χ4v) is 8.87. The molecule has 1 atom stereocenters. The highest BCUT2D eigenvalue weighted by molar-refractivity contribution is 5.70. The highest BCUT2D eigenvalue weighted by Gasteiger charge is 2.16. The first kappa shape index (κ1) is 63.1. The molecule has 0 aliphatic rings. The third-order valence-electron chi connectivity index (χ3n) is 13.2. The van der Waals surface area contributed by atoms with Crippen molar-refractivity contribution < 1.29 is 24.2 Å². The van der Waals surface area contributed by atoms with Gasteiger partial charge in [-0.25, -0.2) is 0 Å². The molecule has 5 heteroatoms. The van der Waals surface area contributed by atoms with Crippen LogP contribution in [-0.2, 0) is 19.1 Å². The van der Waals surface area contributed by atoms with E-state index in [4.69, 9.17) is 9.47 Å². The number of rotatable bonds is 54. The first-order valence-corrected chi connectivity index (χ1v) is 29.0. The van der Waals surface area contributed by atoms with Crippen molar-refractivity contribution in [1.82, 2.24) is 0 Å². The number of hydrogen-bond donors (Lipinski definition) is 1.